The second-order valence-electron chi connectivity index (χ2n) is 13.8. The van der Waals surface area contributed by atoms with Gasteiger partial charge in [-0.15, -0.1) is 0 Å². The molecule has 3 unspecified atom stereocenters. The molecule has 10 nitrogen and oxygen atoms in total. The Kier molecular flexibility index (Phi) is 9.67. The van der Waals surface area contributed by atoms with Crippen molar-refractivity contribution in [2.24, 2.45) is 0 Å². The van der Waals surface area contributed by atoms with Gasteiger partial charge < -0.3 is 42.8 Å². The van der Waals surface area contributed by atoms with Crippen molar-refractivity contribution in [2.75, 3.05) is 61.1 Å². The Bertz CT molecular complexity index is 1950. The summed E-state index contributed by atoms with van der Waals surface area (Å²) in [6, 6.07) is 19.6. The molecule has 3 atom stereocenters. The van der Waals surface area contributed by atoms with Crippen molar-refractivity contribution < 1.29 is 42.8 Å². The van der Waals surface area contributed by atoms with E-state index in [1.807, 2.05) is 61.6 Å². The molecule has 4 aliphatic heterocycles. The standard InChI is InChI=1S/C40H43ClN2O8/c1-42-14-12-27-20-36(48-5)39(49-23-41)40-38(27)30(42)16-25-8-11-32(46-3)34(18-25)50-28-9-6-24(7-10-28)17-31-29-21-35(51-40)33(47-4)19-26(29)13-15-43(31,2)22-37(44)45/h6-11,18-21,30-31H,12-17,22-23H2,1-5H3. The molecule has 0 aromatic heterocycles. The van der Waals surface area contributed by atoms with Gasteiger partial charge in [-0.25, -0.2) is 0 Å². The summed E-state index contributed by atoms with van der Waals surface area (Å²) in [6.45, 7) is 1.31. The number of ether oxygens (including phenoxy) is 6. The number of alkyl halides is 1. The summed E-state index contributed by atoms with van der Waals surface area (Å²) in [4.78, 5) is 14.5. The number of carbonyl (C=O) groups excluding carboxylic acids is 1. The van der Waals surface area contributed by atoms with Gasteiger partial charge in [-0.1, -0.05) is 29.8 Å². The highest BCUT2D eigenvalue weighted by Gasteiger charge is 2.41. The maximum absolute atomic E-state index is 12.2. The number of carboxylic acid groups (broad SMARTS) is 1. The lowest BCUT2D eigenvalue weighted by Gasteiger charge is -2.46. The van der Waals surface area contributed by atoms with Gasteiger partial charge >= 0.3 is 0 Å². The van der Waals surface area contributed by atoms with Gasteiger partial charge in [0.1, 0.15) is 18.3 Å². The number of halogens is 1. The third-order valence-electron chi connectivity index (χ3n) is 10.7. The maximum Gasteiger partial charge on any atom is 0.205 e. The van der Waals surface area contributed by atoms with Gasteiger partial charge in [0.05, 0.1) is 40.9 Å². The summed E-state index contributed by atoms with van der Waals surface area (Å²) in [5.41, 5.74) is 6.21. The smallest absolute Gasteiger partial charge is 0.205 e. The van der Waals surface area contributed by atoms with Gasteiger partial charge in [-0.3, -0.25) is 4.90 Å². The molecular weight excluding hydrogens is 672 g/mol. The number of rotatable bonds is 7. The molecule has 0 amide bonds. The molecule has 0 saturated carbocycles. The number of fused-ring (bicyclic) bond motifs is 2. The van der Waals surface area contributed by atoms with E-state index in [4.69, 9.17) is 40.0 Å². The largest absolute Gasteiger partial charge is 0.544 e. The topological polar surface area (TPSA) is 98.8 Å². The van der Waals surface area contributed by atoms with Crippen LogP contribution in [0.1, 0.15) is 45.5 Å². The molecule has 4 aliphatic rings. The van der Waals surface area contributed by atoms with Gasteiger partial charge in [0.15, 0.2) is 40.6 Å². The Morgan fingerprint density at radius 3 is 2.29 bits per heavy atom. The van der Waals surface area contributed by atoms with Gasteiger partial charge in [0, 0.05) is 36.6 Å². The van der Waals surface area contributed by atoms with E-state index in [0.29, 0.717) is 71.8 Å². The summed E-state index contributed by atoms with van der Waals surface area (Å²) in [6.07, 6.45) is 2.64. The zero-order valence-electron chi connectivity index (χ0n) is 29.6. The predicted molar refractivity (Wildman–Crippen MR) is 191 cm³/mol. The van der Waals surface area contributed by atoms with Crippen LogP contribution in [0, 0.1) is 0 Å². The van der Waals surface area contributed by atoms with E-state index in [-0.39, 0.29) is 29.2 Å². The van der Waals surface area contributed by atoms with E-state index in [1.165, 1.54) is 0 Å². The first-order valence-corrected chi connectivity index (χ1v) is 17.7. The molecule has 8 rings (SSSR count). The zero-order valence-corrected chi connectivity index (χ0v) is 30.4. The first kappa shape index (κ1) is 34.8. The molecule has 0 fully saturated rings. The van der Waals surface area contributed by atoms with Crippen LogP contribution >= 0.6 is 11.6 Å². The molecule has 0 aliphatic carbocycles. The van der Waals surface area contributed by atoms with Crippen LogP contribution in [0.5, 0.6) is 46.0 Å². The molecule has 0 radical (unpaired) electrons. The minimum absolute atomic E-state index is 0.119. The lowest BCUT2D eigenvalue weighted by atomic mass is 9.86. The second kappa shape index (κ2) is 14.2. The quantitative estimate of drug-likeness (QED) is 0.169. The minimum Gasteiger partial charge on any atom is -0.544 e. The summed E-state index contributed by atoms with van der Waals surface area (Å²) in [5.74, 6) is 3.27. The normalized spacial score (nSPS) is 20.9. The molecule has 0 N–H and O–H groups in total. The van der Waals surface area contributed by atoms with Crippen LogP contribution in [0.4, 0.5) is 0 Å². The Labute approximate surface area is 303 Å². The number of carbonyl (C=O) groups is 1. The number of hydrogen-bond donors (Lipinski definition) is 0. The number of nitrogens with zero attached hydrogens (tertiary/aromatic N) is 2. The molecule has 0 saturated heterocycles. The molecule has 11 heteroatoms. The van der Waals surface area contributed by atoms with E-state index in [9.17, 15) is 9.90 Å². The summed E-state index contributed by atoms with van der Waals surface area (Å²) in [7, 11) is 8.96. The van der Waals surface area contributed by atoms with Crippen molar-refractivity contribution in [3.63, 3.8) is 0 Å². The molecule has 4 heterocycles. The molecule has 6 bridgehead atoms. The lowest BCUT2D eigenvalue weighted by Crippen LogP contribution is -2.56. The SMILES string of the molecule is COc1ccc2cc1Oc1ccc(cc1)CC1c3cc(c(OC)cc3CC[N+]1(C)CC(=O)[O-])Oc1c(OCCl)c(OC)cc3c1C(C2)N(C)CC3. The molecule has 51 heavy (non-hydrogen) atoms. The Morgan fingerprint density at radius 2 is 1.59 bits per heavy atom. The summed E-state index contributed by atoms with van der Waals surface area (Å²) < 4.78 is 37.4. The third-order valence-corrected chi connectivity index (χ3v) is 10.8. The van der Waals surface area contributed by atoms with Crippen molar-refractivity contribution in [2.45, 2.75) is 37.8 Å². The van der Waals surface area contributed by atoms with Crippen molar-refractivity contribution in [1.29, 1.82) is 0 Å². The second-order valence-corrected chi connectivity index (χ2v) is 14.0. The Hall–Kier alpha value is -4.64. The average molecular weight is 715 g/mol. The van der Waals surface area contributed by atoms with Gasteiger partial charge in [-0.05, 0) is 84.6 Å². The minimum atomic E-state index is -1.09. The van der Waals surface area contributed by atoms with Crippen LogP contribution in [0.2, 0.25) is 0 Å². The van der Waals surface area contributed by atoms with Crippen molar-refractivity contribution in [1.82, 2.24) is 4.90 Å². The fraction of sp³-hybridized carbons (Fsp3) is 0.375. The molecule has 4 aromatic rings. The van der Waals surface area contributed by atoms with E-state index < -0.39 is 5.97 Å². The molecule has 0 spiro atoms. The number of methoxy groups -OCH3 is 3. The number of benzene rings is 4. The van der Waals surface area contributed by atoms with Crippen LogP contribution < -0.4 is 33.5 Å². The van der Waals surface area contributed by atoms with Gasteiger partial charge in [-0.2, -0.15) is 0 Å². The zero-order chi connectivity index (χ0) is 35.9. The fourth-order valence-electron chi connectivity index (χ4n) is 8.00. The van der Waals surface area contributed by atoms with Crippen LogP contribution in [0.15, 0.2) is 60.7 Å². The number of quaternary nitrogens is 1. The van der Waals surface area contributed by atoms with E-state index >= 15 is 0 Å². The highest BCUT2D eigenvalue weighted by atomic mass is 35.5. The number of carboxylic acids is 1. The molecular formula is C40H43ClN2O8. The average Bonchev–Trinajstić information content (AvgIpc) is 3.11. The van der Waals surface area contributed by atoms with Crippen LogP contribution in [-0.2, 0) is 30.5 Å². The first-order chi connectivity index (χ1) is 24.6. The van der Waals surface area contributed by atoms with Crippen LogP contribution in [0.25, 0.3) is 0 Å². The number of aliphatic carboxylic acids is 1. The number of likely N-dealkylation sites (N-methyl/N-ethyl adjacent to an activating group) is 2. The predicted octanol–water partition coefficient (Wildman–Crippen LogP) is 5.99. The summed E-state index contributed by atoms with van der Waals surface area (Å²) >= 11 is 6.25. The van der Waals surface area contributed by atoms with Crippen LogP contribution in [0.3, 0.4) is 0 Å². The summed E-state index contributed by atoms with van der Waals surface area (Å²) in [5, 5.41) is 12.2. The lowest BCUT2D eigenvalue weighted by molar-refractivity contribution is -0.936. The maximum atomic E-state index is 12.2. The Balaban J connectivity index is 1.49. The highest BCUT2D eigenvalue weighted by Crippen LogP contribution is 2.52. The van der Waals surface area contributed by atoms with Crippen molar-refractivity contribution in [3.05, 3.63) is 94.0 Å². The van der Waals surface area contributed by atoms with Gasteiger partial charge in [0.2, 0.25) is 5.75 Å². The van der Waals surface area contributed by atoms with Gasteiger partial charge in [0.25, 0.3) is 0 Å². The van der Waals surface area contributed by atoms with E-state index in [1.54, 1.807) is 21.3 Å². The third kappa shape index (κ3) is 6.64. The number of hydrogen-bond acceptors (Lipinski definition) is 9. The highest BCUT2D eigenvalue weighted by molar-refractivity contribution is 6.17. The van der Waals surface area contributed by atoms with Crippen LogP contribution in [-0.4, -0.2) is 76.5 Å². The monoisotopic (exact) mass is 714 g/mol. The van der Waals surface area contributed by atoms with E-state index in [2.05, 4.69) is 18.0 Å². The van der Waals surface area contributed by atoms with Crippen molar-refractivity contribution >= 4 is 17.6 Å². The van der Waals surface area contributed by atoms with Crippen molar-refractivity contribution in [3.8, 4) is 46.0 Å². The Morgan fingerprint density at radius 1 is 0.882 bits per heavy atom. The fourth-order valence-corrected chi connectivity index (χ4v) is 8.11. The van der Waals surface area contributed by atoms with E-state index in [0.717, 1.165) is 46.3 Å². The molecule has 4 aromatic carbocycles. The molecule has 268 valence electrons. The first-order valence-electron chi connectivity index (χ1n) is 17.1.